The minimum Gasteiger partial charge on any atom is -0.350 e. The monoisotopic (exact) mass is 339 g/mol. The highest BCUT2D eigenvalue weighted by molar-refractivity contribution is 7.98. The van der Waals surface area contributed by atoms with Crippen LogP contribution in [0.5, 0.6) is 0 Å². The second-order valence-corrected chi connectivity index (χ2v) is 6.04. The van der Waals surface area contributed by atoms with Crippen LogP contribution in [0.2, 0.25) is 0 Å². The van der Waals surface area contributed by atoms with Gasteiger partial charge in [-0.1, -0.05) is 18.7 Å². The molecule has 2 rings (SSSR count). The Balaban J connectivity index is 1.86. The molecule has 1 aromatic rings. The van der Waals surface area contributed by atoms with Gasteiger partial charge in [0.15, 0.2) is 5.16 Å². The van der Waals surface area contributed by atoms with Crippen molar-refractivity contribution >= 4 is 29.6 Å². The quantitative estimate of drug-likeness (QED) is 0.556. The van der Waals surface area contributed by atoms with E-state index in [-0.39, 0.29) is 18.2 Å². The lowest BCUT2D eigenvalue weighted by atomic mass is 10.2. The Hall–Kier alpha value is -2.03. The Morgan fingerprint density at radius 1 is 1.48 bits per heavy atom. The van der Waals surface area contributed by atoms with Gasteiger partial charge in [-0.05, 0) is 12.7 Å². The first-order valence-corrected chi connectivity index (χ1v) is 8.63. The molecule has 1 fully saturated rings. The minimum absolute atomic E-state index is 0.0575. The van der Waals surface area contributed by atoms with E-state index in [1.807, 2.05) is 24.8 Å². The van der Waals surface area contributed by atoms with Crippen molar-refractivity contribution < 1.29 is 14.4 Å². The van der Waals surface area contributed by atoms with Gasteiger partial charge in [-0.3, -0.25) is 14.5 Å². The van der Waals surface area contributed by atoms with Gasteiger partial charge in [0.25, 0.3) is 5.91 Å². The lowest BCUT2D eigenvalue weighted by Crippen LogP contribution is -2.36. The Labute approximate surface area is 139 Å². The molecule has 1 aromatic heterocycles. The van der Waals surface area contributed by atoms with Crippen LogP contribution in [0.4, 0.5) is 4.79 Å². The normalized spacial score (nSPS) is 17.5. The van der Waals surface area contributed by atoms with Gasteiger partial charge < -0.3 is 15.2 Å². The molecule has 0 aliphatic carbocycles. The molecule has 2 N–H and O–H groups in total. The molecule has 0 radical (unpaired) electrons. The largest absolute Gasteiger partial charge is 0.350 e. The van der Waals surface area contributed by atoms with E-state index in [9.17, 15) is 14.4 Å². The first-order valence-electron chi connectivity index (χ1n) is 7.41. The van der Waals surface area contributed by atoms with Crippen molar-refractivity contribution in [1.82, 2.24) is 25.1 Å². The third-order valence-electron chi connectivity index (χ3n) is 3.63. The lowest BCUT2D eigenvalue weighted by Gasteiger charge is -2.11. The van der Waals surface area contributed by atoms with E-state index in [0.29, 0.717) is 19.5 Å². The summed E-state index contributed by atoms with van der Waals surface area (Å²) in [4.78, 5) is 41.1. The van der Waals surface area contributed by atoms with Crippen LogP contribution in [0, 0.1) is 0 Å². The average molecular weight is 339 g/mol. The van der Waals surface area contributed by atoms with Crippen molar-refractivity contribution in [2.75, 3.05) is 12.8 Å². The van der Waals surface area contributed by atoms with Gasteiger partial charge >= 0.3 is 6.03 Å². The number of imide groups is 1. The van der Waals surface area contributed by atoms with Crippen molar-refractivity contribution in [3.63, 3.8) is 0 Å². The molecular formula is C14H21N5O3S. The van der Waals surface area contributed by atoms with Crippen LogP contribution in [0.3, 0.4) is 0 Å². The number of nitrogens with zero attached hydrogens (tertiary/aromatic N) is 3. The fraction of sp³-hybridized carbons (Fsp3) is 0.571. The zero-order valence-electron chi connectivity index (χ0n) is 13.5. The van der Waals surface area contributed by atoms with Crippen LogP contribution < -0.4 is 10.6 Å². The predicted octanol–water partition coefficient (Wildman–Crippen LogP) is 0.479. The molecule has 0 spiro atoms. The SMILES string of the molecule is CCCN1C(=O)N[C@H](CC(=O)NCc2cnc(SC)n2C)C1=O. The average Bonchev–Trinajstić information content (AvgIpc) is 3.00. The van der Waals surface area contributed by atoms with Crippen LogP contribution >= 0.6 is 11.8 Å². The van der Waals surface area contributed by atoms with Crippen molar-refractivity contribution in [3.8, 4) is 0 Å². The summed E-state index contributed by atoms with van der Waals surface area (Å²) in [6, 6.07) is -1.20. The number of carbonyl (C=O) groups is 3. The van der Waals surface area contributed by atoms with Crippen molar-refractivity contribution in [1.29, 1.82) is 0 Å². The van der Waals surface area contributed by atoms with Gasteiger partial charge in [0.05, 0.1) is 24.9 Å². The van der Waals surface area contributed by atoms with E-state index in [2.05, 4.69) is 15.6 Å². The zero-order valence-corrected chi connectivity index (χ0v) is 14.3. The van der Waals surface area contributed by atoms with Gasteiger partial charge in [0.1, 0.15) is 6.04 Å². The predicted molar refractivity (Wildman–Crippen MR) is 85.8 cm³/mol. The molecule has 0 unspecified atom stereocenters. The van der Waals surface area contributed by atoms with Crippen molar-refractivity contribution in [2.45, 2.75) is 37.5 Å². The van der Waals surface area contributed by atoms with Crippen LogP contribution in [0.25, 0.3) is 0 Å². The summed E-state index contributed by atoms with van der Waals surface area (Å²) in [5.74, 6) is -0.619. The molecule has 4 amide bonds. The molecule has 23 heavy (non-hydrogen) atoms. The van der Waals surface area contributed by atoms with E-state index in [1.165, 1.54) is 11.8 Å². The molecule has 8 nitrogen and oxygen atoms in total. The van der Waals surface area contributed by atoms with Crippen molar-refractivity contribution in [3.05, 3.63) is 11.9 Å². The summed E-state index contributed by atoms with van der Waals surface area (Å²) in [7, 11) is 1.88. The second kappa shape index (κ2) is 7.49. The molecule has 0 bridgehead atoms. The number of hydrogen-bond acceptors (Lipinski definition) is 5. The van der Waals surface area contributed by atoms with E-state index in [1.54, 1.807) is 6.20 Å². The van der Waals surface area contributed by atoms with Crippen molar-refractivity contribution in [2.24, 2.45) is 7.05 Å². The molecule has 1 saturated heterocycles. The smallest absolute Gasteiger partial charge is 0.324 e. The van der Waals surface area contributed by atoms with Gasteiger partial charge in [-0.25, -0.2) is 9.78 Å². The van der Waals surface area contributed by atoms with E-state index in [4.69, 9.17) is 0 Å². The lowest BCUT2D eigenvalue weighted by molar-refractivity contribution is -0.130. The van der Waals surface area contributed by atoms with Gasteiger partial charge in [-0.2, -0.15) is 0 Å². The summed E-state index contributed by atoms with van der Waals surface area (Å²) in [5, 5.41) is 6.17. The molecule has 1 aliphatic rings. The highest BCUT2D eigenvalue weighted by Gasteiger charge is 2.38. The molecule has 2 heterocycles. The number of amides is 4. The van der Waals surface area contributed by atoms with Crippen LogP contribution in [-0.4, -0.2) is 51.1 Å². The maximum Gasteiger partial charge on any atom is 0.324 e. The summed E-state index contributed by atoms with van der Waals surface area (Å²) in [6.45, 7) is 2.59. The zero-order chi connectivity index (χ0) is 17.0. The summed E-state index contributed by atoms with van der Waals surface area (Å²) in [5.41, 5.74) is 0.872. The number of rotatable bonds is 7. The number of imidazole rings is 1. The fourth-order valence-electron chi connectivity index (χ4n) is 2.38. The highest BCUT2D eigenvalue weighted by Crippen LogP contribution is 2.14. The number of thioether (sulfide) groups is 1. The minimum atomic E-state index is -0.776. The van der Waals surface area contributed by atoms with Crippen LogP contribution in [0.15, 0.2) is 11.4 Å². The molecule has 0 aromatic carbocycles. The number of aromatic nitrogens is 2. The maximum absolute atomic E-state index is 12.1. The molecule has 1 aliphatic heterocycles. The summed E-state index contributed by atoms with van der Waals surface area (Å²) >= 11 is 1.52. The standard InChI is InChI=1S/C14H21N5O3S/c1-4-5-19-12(21)10(17-13(19)22)6-11(20)15-7-9-8-16-14(23-3)18(9)2/h8,10H,4-7H2,1-3H3,(H,15,20)(H,17,22)/t10-/m1/s1. The maximum atomic E-state index is 12.1. The van der Waals surface area contributed by atoms with Gasteiger partial charge in [0.2, 0.25) is 5.91 Å². The van der Waals surface area contributed by atoms with E-state index in [0.717, 1.165) is 15.8 Å². The van der Waals surface area contributed by atoms with Crippen LogP contribution in [-0.2, 0) is 23.2 Å². The Bertz CT molecular complexity index is 616. The number of urea groups is 1. The van der Waals surface area contributed by atoms with Crippen LogP contribution in [0.1, 0.15) is 25.5 Å². The third-order valence-corrected chi connectivity index (χ3v) is 4.38. The molecule has 0 saturated carbocycles. The first kappa shape index (κ1) is 17.3. The number of carbonyl (C=O) groups excluding carboxylic acids is 3. The first-order chi connectivity index (χ1) is 11.0. The second-order valence-electron chi connectivity index (χ2n) is 5.27. The number of hydrogen-bond donors (Lipinski definition) is 2. The Kier molecular flexibility index (Phi) is 5.64. The molecule has 126 valence electrons. The Morgan fingerprint density at radius 2 is 2.22 bits per heavy atom. The van der Waals surface area contributed by atoms with Gasteiger partial charge in [0, 0.05) is 13.6 Å². The molecular weight excluding hydrogens is 318 g/mol. The summed E-state index contributed by atoms with van der Waals surface area (Å²) in [6.07, 6.45) is 4.27. The number of nitrogens with one attached hydrogen (secondary N) is 2. The van der Waals surface area contributed by atoms with E-state index < -0.39 is 12.1 Å². The Morgan fingerprint density at radius 3 is 2.83 bits per heavy atom. The fourth-order valence-corrected chi connectivity index (χ4v) is 2.93. The van der Waals surface area contributed by atoms with E-state index >= 15 is 0 Å². The topological polar surface area (TPSA) is 96.3 Å². The summed E-state index contributed by atoms with van der Waals surface area (Å²) < 4.78 is 1.90. The molecule has 9 heteroatoms. The highest BCUT2D eigenvalue weighted by atomic mass is 32.2. The molecule has 1 atom stereocenters. The van der Waals surface area contributed by atoms with Gasteiger partial charge in [-0.15, -0.1) is 0 Å². The third kappa shape index (κ3) is 3.84.